The van der Waals surface area contributed by atoms with E-state index in [2.05, 4.69) is 10.3 Å². The lowest BCUT2D eigenvalue weighted by Crippen LogP contribution is -2.11. The maximum absolute atomic E-state index is 12.5. The highest BCUT2D eigenvalue weighted by atomic mass is 35.5. The molecular formula is C28H17ClN3O3S3-. The molecule has 0 aliphatic heterocycles. The van der Waals surface area contributed by atoms with Crippen LogP contribution in [0.2, 0.25) is 5.02 Å². The molecule has 6 aromatic rings. The second kappa shape index (κ2) is 10.0. The SMILES string of the molecule is Cc1ccc2nc(-c3ccc4nc(-c5ccc(NC(=O)c6ccc(Cl)cc6)cc5)sc4c3)sc2c1S(=O)[O-]. The summed E-state index contributed by atoms with van der Waals surface area (Å²) in [4.78, 5) is 22.2. The van der Waals surface area contributed by atoms with E-state index in [1.54, 1.807) is 48.6 Å². The van der Waals surface area contributed by atoms with E-state index in [0.29, 0.717) is 36.9 Å². The van der Waals surface area contributed by atoms with Crippen LogP contribution in [-0.2, 0) is 11.1 Å². The fourth-order valence-electron chi connectivity index (χ4n) is 4.08. The topological polar surface area (TPSA) is 95.0 Å². The summed E-state index contributed by atoms with van der Waals surface area (Å²) in [7, 11) is 0. The number of hydrogen-bond donors (Lipinski definition) is 1. The number of rotatable bonds is 5. The maximum atomic E-state index is 12.5. The first-order chi connectivity index (χ1) is 18.4. The van der Waals surface area contributed by atoms with Crippen molar-refractivity contribution in [3.63, 3.8) is 0 Å². The molecule has 0 aliphatic carbocycles. The van der Waals surface area contributed by atoms with Crippen LogP contribution < -0.4 is 5.32 Å². The molecule has 10 heteroatoms. The van der Waals surface area contributed by atoms with Crippen molar-refractivity contribution in [1.29, 1.82) is 0 Å². The van der Waals surface area contributed by atoms with Gasteiger partial charge >= 0.3 is 0 Å². The van der Waals surface area contributed by atoms with Crippen LogP contribution in [0.1, 0.15) is 15.9 Å². The third-order valence-corrected chi connectivity index (χ3v) is 9.45. The number of amides is 1. The number of benzene rings is 4. The predicted molar refractivity (Wildman–Crippen MR) is 155 cm³/mol. The average molecular weight is 575 g/mol. The highest BCUT2D eigenvalue weighted by Crippen LogP contribution is 2.38. The summed E-state index contributed by atoms with van der Waals surface area (Å²) >= 11 is 6.51. The first kappa shape index (κ1) is 24.8. The van der Waals surface area contributed by atoms with Gasteiger partial charge in [-0.1, -0.05) is 17.7 Å². The number of aryl methyl sites for hydroxylation is 1. The van der Waals surface area contributed by atoms with Crippen LogP contribution in [0.25, 0.3) is 41.6 Å². The molecule has 188 valence electrons. The van der Waals surface area contributed by atoms with Crippen molar-refractivity contribution in [1.82, 2.24) is 9.97 Å². The van der Waals surface area contributed by atoms with Crippen molar-refractivity contribution in [2.24, 2.45) is 0 Å². The number of thiazole rings is 2. The van der Waals surface area contributed by atoms with Gasteiger partial charge in [0.2, 0.25) is 0 Å². The number of fused-ring (bicyclic) bond motifs is 2. The molecule has 0 fully saturated rings. The second-order valence-electron chi connectivity index (χ2n) is 8.55. The van der Waals surface area contributed by atoms with E-state index in [1.807, 2.05) is 48.5 Å². The number of nitrogens with one attached hydrogen (secondary N) is 1. The summed E-state index contributed by atoms with van der Waals surface area (Å²) in [6, 6.07) is 23.9. The molecule has 1 amide bonds. The Bertz CT molecular complexity index is 1860. The molecular weight excluding hydrogens is 558 g/mol. The Morgan fingerprint density at radius 3 is 2.26 bits per heavy atom. The molecule has 2 heterocycles. The molecule has 1 N–H and O–H groups in total. The molecule has 0 radical (unpaired) electrons. The monoisotopic (exact) mass is 574 g/mol. The number of carbonyl (C=O) groups is 1. The quantitative estimate of drug-likeness (QED) is 0.213. The van der Waals surface area contributed by atoms with E-state index in [0.717, 1.165) is 31.4 Å². The zero-order valence-corrected chi connectivity index (χ0v) is 22.9. The van der Waals surface area contributed by atoms with Gasteiger partial charge in [-0.25, -0.2) is 9.97 Å². The smallest absolute Gasteiger partial charge is 0.255 e. The van der Waals surface area contributed by atoms with E-state index in [-0.39, 0.29) is 5.91 Å². The Kier molecular flexibility index (Phi) is 6.55. The standard InChI is InChI=1S/C28H18ClN3O3S3/c1-15-2-12-22-24(25(15)38(34)35)37-28(32-22)18-7-13-21-23(14-18)36-27(31-21)17-5-10-20(11-6-17)30-26(33)16-3-8-19(29)9-4-16/h2-14H,1H3,(H,30,33)(H,34,35)/p-1. The summed E-state index contributed by atoms with van der Waals surface area (Å²) < 4.78 is 25.3. The maximum Gasteiger partial charge on any atom is 0.255 e. The van der Waals surface area contributed by atoms with Crippen LogP contribution in [-0.4, -0.2) is 24.6 Å². The van der Waals surface area contributed by atoms with Gasteiger partial charge in [-0.3, -0.25) is 9.00 Å². The predicted octanol–water partition coefficient (Wildman–Crippen LogP) is 7.69. The van der Waals surface area contributed by atoms with E-state index in [4.69, 9.17) is 16.6 Å². The summed E-state index contributed by atoms with van der Waals surface area (Å²) in [6.07, 6.45) is 0. The normalized spacial score (nSPS) is 12.2. The molecule has 4 aromatic carbocycles. The Morgan fingerprint density at radius 1 is 0.868 bits per heavy atom. The first-order valence-corrected chi connectivity index (χ1v) is 14.5. The van der Waals surface area contributed by atoms with Crippen LogP contribution >= 0.6 is 34.3 Å². The van der Waals surface area contributed by atoms with Crippen LogP contribution in [0.5, 0.6) is 0 Å². The van der Waals surface area contributed by atoms with Gasteiger partial charge in [0.15, 0.2) is 0 Å². The lowest BCUT2D eigenvalue weighted by molar-refractivity contribution is 0.102. The summed E-state index contributed by atoms with van der Waals surface area (Å²) in [5.41, 5.74) is 5.31. The molecule has 0 bridgehead atoms. The minimum Gasteiger partial charge on any atom is -0.768 e. The molecule has 1 unspecified atom stereocenters. The van der Waals surface area contributed by atoms with Gasteiger partial charge in [0.1, 0.15) is 10.0 Å². The number of nitrogens with zero attached hydrogens (tertiary/aromatic N) is 2. The molecule has 0 saturated heterocycles. The molecule has 0 spiro atoms. The molecule has 0 aliphatic rings. The average Bonchev–Trinajstić information content (AvgIpc) is 3.53. The zero-order chi connectivity index (χ0) is 26.4. The Morgan fingerprint density at radius 2 is 1.53 bits per heavy atom. The number of carbonyl (C=O) groups excluding carboxylic acids is 1. The van der Waals surface area contributed by atoms with Crippen LogP contribution in [0.4, 0.5) is 5.69 Å². The fourth-order valence-corrected chi connectivity index (χ4v) is 7.19. The first-order valence-electron chi connectivity index (χ1n) is 11.4. The lowest BCUT2D eigenvalue weighted by Gasteiger charge is -2.08. The minimum absolute atomic E-state index is 0.208. The number of hydrogen-bond acceptors (Lipinski definition) is 7. The molecule has 0 saturated carbocycles. The fraction of sp³-hybridized carbons (Fsp3) is 0.0357. The van der Waals surface area contributed by atoms with Gasteiger partial charge in [0.05, 0.1) is 20.4 Å². The van der Waals surface area contributed by atoms with Crippen molar-refractivity contribution in [3.05, 3.63) is 95.0 Å². The van der Waals surface area contributed by atoms with E-state index < -0.39 is 11.1 Å². The van der Waals surface area contributed by atoms with Gasteiger partial charge in [-0.15, -0.1) is 22.7 Å². The van der Waals surface area contributed by atoms with E-state index in [9.17, 15) is 13.6 Å². The molecule has 6 rings (SSSR count). The van der Waals surface area contributed by atoms with Crippen LogP contribution in [0.3, 0.4) is 0 Å². The van der Waals surface area contributed by atoms with Gasteiger partial charge in [0.25, 0.3) is 5.91 Å². The third-order valence-electron chi connectivity index (χ3n) is 6.01. The van der Waals surface area contributed by atoms with Crippen molar-refractivity contribution in [2.75, 3.05) is 5.32 Å². The Balaban J connectivity index is 1.26. The van der Waals surface area contributed by atoms with Crippen molar-refractivity contribution in [3.8, 4) is 21.1 Å². The van der Waals surface area contributed by atoms with Gasteiger partial charge in [0, 0.05) is 32.3 Å². The van der Waals surface area contributed by atoms with Crippen molar-refractivity contribution < 1.29 is 13.6 Å². The minimum atomic E-state index is -2.33. The van der Waals surface area contributed by atoms with Gasteiger partial charge < -0.3 is 9.87 Å². The molecule has 2 aromatic heterocycles. The van der Waals surface area contributed by atoms with E-state index in [1.165, 1.54) is 11.3 Å². The zero-order valence-electron chi connectivity index (χ0n) is 19.7. The molecule has 1 atom stereocenters. The van der Waals surface area contributed by atoms with Gasteiger partial charge in [-0.2, -0.15) is 0 Å². The number of anilines is 1. The highest BCUT2D eigenvalue weighted by Gasteiger charge is 2.14. The summed E-state index contributed by atoms with van der Waals surface area (Å²) in [6.45, 7) is 1.79. The number of halogens is 1. The summed E-state index contributed by atoms with van der Waals surface area (Å²) in [5, 5.41) is 5.09. The summed E-state index contributed by atoms with van der Waals surface area (Å²) in [5.74, 6) is -0.208. The van der Waals surface area contributed by atoms with Crippen LogP contribution in [0, 0.1) is 6.92 Å². The highest BCUT2D eigenvalue weighted by molar-refractivity contribution is 7.79. The van der Waals surface area contributed by atoms with E-state index >= 15 is 0 Å². The van der Waals surface area contributed by atoms with Crippen molar-refractivity contribution in [2.45, 2.75) is 11.8 Å². The Hall–Kier alpha value is -3.47. The largest absolute Gasteiger partial charge is 0.768 e. The molecule has 6 nitrogen and oxygen atoms in total. The third kappa shape index (κ3) is 4.75. The van der Waals surface area contributed by atoms with Crippen LogP contribution in [0.15, 0.2) is 83.8 Å². The Labute approximate surface area is 233 Å². The molecule has 38 heavy (non-hydrogen) atoms. The van der Waals surface area contributed by atoms with Crippen molar-refractivity contribution >= 4 is 77.4 Å². The number of aromatic nitrogens is 2. The van der Waals surface area contributed by atoms with Gasteiger partial charge in [-0.05, 0) is 96.4 Å². The second-order valence-corrected chi connectivity index (χ2v) is 11.9. The lowest BCUT2D eigenvalue weighted by atomic mass is 10.2.